The number of hydrogen-bond donors (Lipinski definition) is 2. The van der Waals surface area contributed by atoms with Crippen LogP contribution < -0.4 is 5.32 Å². The van der Waals surface area contributed by atoms with Gasteiger partial charge in [0, 0.05) is 19.6 Å². The molecule has 0 radical (unpaired) electrons. The Labute approximate surface area is 122 Å². The topological polar surface area (TPSA) is 110 Å². The van der Waals surface area contributed by atoms with Gasteiger partial charge in [-0.05, 0) is 17.7 Å². The van der Waals surface area contributed by atoms with Crippen LogP contribution in [0.4, 0.5) is 0 Å². The number of phenols is 1. The molecule has 1 amide bonds. The molecule has 7 nitrogen and oxygen atoms in total. The van der Waals surface area contributed by atoms with Gasteiger partial charge in [0.25, 0.3) is 0 Å². The van der Waals surface area contributed by atoms with Crippen molar-refractivity contribution in [3.63, 3.8) is 0 Å². The van der Waals surface area contributed by atoms with Crippen molar-refractivity contribution in [2.45, 2.75) is 24.3 Å². The highest BCUT2D eigenvalue weighted by Gasteiger charge is 2.24. The molecule has 0 unspecified atom stereocenters. The lowest BCUT2D eigenvalue weighted by atomic mass is 10.1. The number of nitrogens with one attached hydrogen (secondary N) is 1. The first-order valence-corrected chi connectivity index (χ1v) is 7.91. The Morgan fingerprint density at radius 2 is 2.00 bits per heavy atom. The van der Waals surface area contributed by atoms with Crippen LogP contribution in [0, 0.1) is 0 Å². The molecule has 1 aromatic rings. The molecule has 1 atom stereocenters. The Hall–Kier alpha value is -2.09. The van der Waals surface area contributed by atoms with Gasteiger partial charge < -0.3 is 15.2 Å². The summed E-state index contributed by atoms with van der Waals surface area (Å²) >= 11 is 0. The fourth-order valence-corrected chi connectivity index (χ4v) is 2.82. The fourth-order valence-electron chi connectivity index (χ4n) is 1.86. The van der Waals surface area contributed by atoms with E-state index >= 15 is 0 Å². The number of rotatable bonds is 5. The monoisotopic (exact) mass is 315 g/mol. The predicted octanol–water partition coefficient (Wildman–Crippen LogP) is 0.0159. The van der Waals surface area contributed by atoms with E-state index in [-0.39, 0.29) is 17.1 Å². The van der Waals surface area contributed by atoms with Gasteiger partial charge in [-0.2, -0.15) is 0 Å². The summed E-state index contributed by atoms with van der Waals surface area (Å²) in [4.78, 5) is 22.7. The number of benzene rings is 1. The Morgan fingerprint density at radius 1 is 1.38 bits per heavy atom. The van der Waals surface area contributed by atoms with Crippen molar-refractivity contribution in [3.8, 4) is 5.75 Å². The van der Waals surface area contributed by atoms with Gasteiger partial charge in [-0.15, -0.1) is 0 Å². The van der Waals surface area contributed by atoms with E-state index in [4.69, 9.17) is 0 Å². The van der Waals surface area contributed by atoms with E-state index in [2.05, 4.69) is 10.1 Å². The fraction of sp³-hybridized carbons (Fsp3) is 0.385. The SMILES string of the molecule is COC(=O)[C@H](Cc1ccc(O)cc1S(C)(=O)=O)NC(C)=O. The van der Waals surface area contributed by atoms with Crippen molar-refractivity contribution in [2.24, 2.45) is 0 Å². The van der Waals surface area contributed by atoms with E-state index in [1.54, 1.807) is 0 Å². The second kappa shape index (κ2) is 6.57. The zero-order valence-electron chi connectivity index (χ0n) is 11.9. The second-order valence-electron chi connectivity index (χ2n) is 4.54. The maximum Gasteiger partial charge on any atom is 0.328 e. The van der Waals surface area contributed by atoms with Crippen LogP contribution in [0.25, 0.3) is 0 Å². The molecule has 116 valence electrons. The van der Waals surface area contributed by atoms with Crippen LogP contribution in [0.2, 0.25) is 0 Å². The van der Waals surface area contributed by atoms with Crippen molar-refractivity contribution in [3.05, 3.63) is 23.8 Å². The maximum absolute atomic E-state index is 11.7. The minimum Gasteiger partial charge on any atom is -0.508 e. The third-order valence-corrected chi connectivity index (χ3v) is 3.92. The molecule has 0 bridgehead atoms. The quantitative estimate of drug-likeness (QED) is 0.741. The average molecular weight is 315 g/mol. The first-order valence-electron chi connectivity index (χ1n) is 6.02. The molecule has 1 rings (SSSR count). The number of methoxy groups -OCH3 is 1. The van der Waals surface area contributed by atoms with Crippen LogP contribution in [0.15, 0.2) is 23.1 Å². The largest absolute Gasteiger partial charge is 0.508 e. The summed E-state index contributed by atoms with van der Waals surface area (Å²) in [5, 5.41) is 11.8. The van der Waals surface area contributed by atoms with Crippen LogP contribution in [0.3, 0.4) is 0 Å². The zero-order valence-corrected chi connectivity index (χ0v) is 12.7. The number of esters is 1. The smallest absolute Gasteiger partial charge is 0.328 e. The summed E-state index contributed by atoms with van der Waals surface area (Å²) in [6.45, 7) is 1.24. The van der Waals surface area contributed by atoms with Crippen LogP contribution >= 0.6 is 0 Å². The van der Waals surface area contributed by atoms with Gasteiger partial charge in [0.15, 0.2) is 9.84 Å². The number of ether oxygens (including phenoxy) is 1. The molecular formula is C13H17NO6S. The minimum atomic E-state index is -3.59. The Morgan fingerprint density at radius 3 is 2.48 bits per heavy atom. The van der Waals surface area contributed by atoms with Crippen molar-refractivity contribution >= 4 is 21.7 Å². The lowest BCUT2D eigenvalue weighted by Crippen LogP contribution is -2.42. The summed E-state index contributed by atoms with van der Waals surface area (Å²) in [5.41, 5.74) is 0.305. The average Bonchev–Trinajstić information content (AvgIpc) is 2.37. The number of aromatic hydroxyl groups is 1. The van der Waals surface area contributed by atoms with Gasteiger partial charge in [-0.3, -0.25) is 4.79 Å². The molecule has 1 aromatic carbocycles. The van der Waals surface area contributed by atoms with Gasteiger partial charge in [-0.1, -0.05) is 6.07 Å². The van der Waals surface area contributed by atoms with Crippen LogP contribution in [-0.2, 0) is 30.6 Å². The molecular weight excluding hydrogens is 298 g/mol. The molecule has 0 spiro atoms. The minimum absolute atomic E-state index is 0.0606. The van der Waals surface area contributed by atoms with Gasteiger partial charge >= 0.3 is 5.97 Å². The molecule has 0 saturated carbocycles. The highest BCUT2D eigenvalue weighted by Crippen LogP contribution is 2.22. The number of phenolic OH excluding ortho intramolecular Hbond substituents is 1. The highest BCUT2D eigenvalue weighted by molar-refractivity contribution is 7.90. The van der Waals surface area contributed by atoms with E-state index in [9.17, 15) is 23.1 Å². The van der Waals surface area contributed by atoms with Gasteiger partial charge in [-0.25, -0.2) is 13.2 Å². The normalized spacial score (nSPS) is 12.5. The summed E-state index contributed by atoms with van der Waals surface area (Å²) in [6.07, 6.45) is 0.936. The third-order valence-electron chi connectivity index (χ3n) is 2.74. The van der Waals surface area contributed by atoms with Crippen LogP contribution in [-0.4, -0.2) is 44.8 Å². The molecule has 0 aliphatic heterocycles. The molecule has 8 heteroatoms. The Balaban J connectivity index is 3.20. The van der Waals surface area contributed by atoms with Crippen molar-refractivity contribution in [1.82, 2.24) is 5.32 Å². The lowest BCUT2D eigenvalue weighted by molar-refractivity contribution is -0.144. The molecule has 0 heterocycles. The predicted molar refractivity (Wildman–Crippen MR) is 74.5 cm³/mol. The molecule has 0 aromatic heterocycles. The second-order valence-corrected chi connectivity index (χ2v) is 6.53. The first kappa shape index (κ1) is 17.0. The number of carbonyl (C=O) groups is 2. The van der Waals surface area contributed by atoms with Gasteiger partial charge in [0.05, 0.1) is 12.0 Å². The van der Waals surface area contributed by atoms with Crippen LogP contribution in [0.1, 0.15) is 12.5 Å². The van der Waals surface area contributed by atoms with E-state index in [0.717, 1.165) is 12.3 Å². The van der Waals surface area contributed by atoms with Gasteiger partial charge in [0.1, 0.15) is 11.8 Å². The molecule has 21 heavy (non-hydrogen) atoms. The van der Waals surface area contributed by atoms with E-state index in [0.29, 0.717) is 5.56 Å². The number of amides is 1. The summed E-state index contributed by atoms with van der Waals surface area (Å²) in [7, 11) is -2.42. The highest BCUT2D eigenvalue weighted by atomic mass is 32.2. The summed E-state index contributed by atoms with van der Waals surface area (Å²) in [6, 6.07) is 2.81. The molecule has 2 N–H and O–H groups in total. The van der Waals surface area contributed by atoms with E-state index < -0.39 is 27.8 Å². The van der Waals surface area contributed by atoms with Crippen LogP contribution in [0.5, 0.6) is 5.75 Å². The molecule has 0 aliphatic carbocycles. The van der Waals surface area contributed by atoms with E-state index in [1.165, 1.54) is 26.2 Å². The molecule has 0 aliphatic rings. The molecule has 0 fully saturated rings. The Bertz CT molecular complexity index is 653. The van der Waals surface area contributed by atoms with Crippen molar-refractivity contribution in [1.29, 1.82) is 0 Å². The zero-order chi connectivity index (χ0) is 16.2. The lowest BCUT2D eigenvalue weighted by Gasteiger charge is -2.17. The summed E-state index contributed by atoms with van der Waals surface area (Å²) < 4.78 is 28.1. The van der Waals surface area contributed by atoms with E-state index in [1.807, 2.05) is 0 Å². The standard InChI is InChI=1S/C13H17NO6S/c1-8(15)14-11(13(17)20-2)6-9-4-5-10(16)7-12(9)21(3,18)19/h4-5,7,11,16H,6H2,1-3H3,(H,14,15)/t11-/m0/s1. The molecule has 0 saturated heterocycles. The third kappa shape index (κ3) is 4.75. The number of sulfone groups is 1. The number of carbonyl (C=O) groups excluding carboxylic acids is 2. The first-order chi connectivity index (χ1) is 9.65. The van der Waals surface area contributed by atoms with Crippen molar-refractivity contribution < 1.29 is 27.9 Å². The number of hydrogen-bond acceptors (Lipinski definition) is 6. The maximum atomic E-state index is 11.7. The Kier molecular flexibility index (Phi) is 5.31. The van der Waals surface area contributed by atoms with Crippen molar-refractivity contribution in [2.75, 3.05) is 13.4 Å². The summed E-state index contributed by atoms with van der Waals surface area (Å²) in [5.74, 6) is -1.32. The van der Waals surface area contributed by atoms with Gasteiger partial charge in [0.2, 0.25) is 5.91 Å².